The Morgan fingerprint density at radius 3 is 2.22 bits per heavy atom. The SMILES string of the molecule is C[C@@H](OC(=O)CN1C(=O)[C@@H]2[C@H](C1=O)[C@H]1C=C[C@H]2C1)C(=O)c1ccc(F)cc1. The van der Waals surface area contributed by atoms with Crippen LogP contribution >= 0.6 is 0 Å². The third-order valence-corrected chi connectivity index (χ3v) is 5.66. The number of benzene rings is 1. The summed E-state index contributed by atoms with van der Waals surface area (Å²) in [4.78, 5) is 50.5. The summed E-state index contributed by atoms with van der Waals surface area (Å²) in [6.07, 6.45) is 3.66. The highest BCUT2D eigenvalue weighted by atomic mass is 19.1. The Hall–Kier alpha value is -2.83. The van der Waals surface area contributed by atoms with E-state index in [0.29, 0.717) is 0 Å². The molecule has 2 amide bonds. The number of carbonyl (C=O) groups is 4. The molecule has 27 heavy (non-hydrogen) atoms. The fourth-order valence-corrected chi connectivity index (χ4v) is 4.39. The van der Waals surface area contributed by atoms with Gasteiger partial charge in [-0.15, -0.1) is 0 Å². The van der Waals surface area contributed by atoms with E-state index in [1.165, 1.54) is 19.1 Å². The molecule has 7 heteroatoms. The van der Waals surface area contributed by atoms with Gasteiger partial charge in [0.1, 0.15) is 12.4 Å². The molecule has 0 spiro atoms. The van der Waals surface area contributed by atoms with Crippen LogP contribution in [0.15, 0.2) is 36.4 Å². The molecule has 0 aromatic heterocycles. The molecule has 0 radical (unpaired) electrons. The van der Waals surface area contributed by atoms with Gasteiger partial charge in [0.2, 0.25) is 17.6 Å². The summed E-state index contributed by atoms with van der Waals surface area (Å²) >= 11 is 0. The molecule has 2 fully saturated rings. The molecule has 1 saturated heterocycles. The summed E-state index contributed by atoms with van der Waals surface area (Å²) in [5.41, 5.74) is 0.210. The van der Waals surface area contributed by atoms with Gasteiger partial charge in [0, 0.05) is 5.56 Å². The topological polar surface area (TPSA) is 80.8 Å². The number of rotatable bonds is 5. The number of ketones is 1. The summed E-state index contributed by atoms with van der Waals surface area (Å²) in [6, 6.07) is 4.90. The maximum absolute atomic E-state index is 12.9. The second-order valence-corrected chi connectivity index (χ2v) is 7.27. The molecule has 2 bridgehead atoms. The molecule has 3 aliphatic rings. The van der Waals surface area contributed by atoms with E-state index in [4.69, 9.17) is 4.74 Å². The number of hydrogen-bond donors (Lipinski definition) is 0. The predicted octanol–water partition coefficient (Wildman–Crippen LogP) is 1.75. The normalized spacial score (nSPS) is 29.2. The van der Waals surface area contributed by atoms with E-state index in [1.807, 2.05) is 12.2 Å². The van der Waals surface area contributed by atoms with Crippen LogP contribution in [0.25, 0.3) is 0 Å². The van der Waals surface area contributed by atoms with E-state index in [-0.39, 0.29) is 41.0 Å². The zero-order valence-corrected chi connectivity index (χ0v) is 14.6. The molecule has 140 valence electrons. The lowest BCUT2D eigenvalue weighted by atomic mass is 9.85. The third-order valence-electron chi connectivity index (χ3n) is 5.66. The second kappa shape index (κ2) is 6.40. The Bertz CT molecular complexity index is 832. The molecule has 0 unspecified atom stereocenters. The minimum Gasteiger partial charge on any atom is -0.453 e. The van der Waals surface area contributed by atoms with E-state index in [1.54, 1.807) is 0 Å². The first kappa shape index (κ1) is 17.6. The van der Waals surface area contributed by atoms with Crippen molar-refractivity contribution in [3.63, 3.8) is 0 Å². The molecule has 1 saturated carbocycles. The van der Waals surface area contributed by atoms with Gasteiger partial charge in [-0.1, -0.05) is 12.2 Å². The van der Waals surface area contributed by atoms with Crippen molar-refractivity contribution < 1.29 is 28.3 Å². The van der Waals surface area contributed by atoms with Crippen LogP contribution in [-0.2, 0) is 19.1 Å². The number of ether oxygens (including phenoxy) is 1. The van der Waals surface area contributed by atoms with Crippen LogP contribution < -0.4 is 0 Å². The summed E-state index contributed by atoms with van der Waals surface area (Å²) in [5.74, 6) is -3.07. The average Bonchev–Trinajstić information content (AvgIpc) is 3.32. The van der Waals surface area contributed by atoms with Crippen LogP contribution in [0.5, 0.6) is 0 Å². The highest BCUT2D eigenvalue weighted by Gasteiger charge is 2.59. The van der Waals surface area contributed by atoms with Crippen molar-refractivity contribution >= 4 is 23.6 Å². The first-order valence-electron chi connectivity index (χ1n) is 8.89. The van der Waals surface area contributed by atoms with Gasteiger partial charge in [0.05, 0.1) is 11.8 Å². The lowest BCUT2D eigenvalue weighted by molar-refractivity contribution is -0.155. The number of fused-ring (bicyclic) bond motifs is 5. The minimum absolute atomic E-state index is 0.0662. The molecular formula is C20H18FNO5. The zero-order chi connectivity index (χ0) is 19.3. The summed E-state index contributed by atoms with van der Waals surface area (Å²) in [7, 11) is 0. The zero-order valence-electron chi connectivity index (χ0n) is 14.6. The molecule has 1 aromatic carbocycles. The number of allylic oxidation sites excluding steroid dienone is 2. The smallest absolute Gasteiger partial charge is 0.326 e. The van der Waals surface area contributed by atoms with Crippen LogP contribution in [0.4, 0.5) is 4.39 Å². The van der Waals surface area contributed by atoms with Crippen LogP contribution in [0.2, 0.25) is 0 Å². The second-order valence-electron chi connectivity index (χ2n) is 7.27. The highest BCUT2D eigenvalue weighted by molar-refractivity contribution is 6.08. The molecule has 5 atom stereocenters. The quantitative estimate of drug-likeness (QED) is 0.341. The molecule has 2 aliphatic carbocycles. The lowest BCUT2D eigenvalue weighted by Gasteiger charge is -2.18. The Morgan fingerprint density at radius 2 is 1.67 bits per heavy atom. The van der Waals surface area contributed by atoms with Gasteiger partial charge in [0.15, 0.2) is 6.10 Å². The molecule has 6 nitrogen and oxygen atoms in total. The van der Waals surface area contributed by atoms with Gasteiger partial charge < -0.3 is 4.74 Å². The van der Waals surface area contributed by atoms with Crippen molar-refractivity contribution in [2.75, 3.05) is 6.54 Å². The van der Waals surface area contributed by atoms with Gasteiger partial charge in [0.25, 0.3) is 0 Å². The Labute approximate surface area is 155 Å². The Kier molecular flexibility index (Phi) is 4.17. The fraction of sp³-hybridized carbons (Fsp3) is 0.400. The summed E-state index contributed by atoms with van der Waals surface area (Å²) in [5, 5.41) is 0. The van der Waals surface area contributed by atoms with Crippen molar-refractivity contribution in [2.45, 2.75) is 19.4 Å². The maximum atomic E-state index is 12.9. The molecular weight excluding hydrogens is 353 g/mol. The largest absolute Gasteiger partial charge is 0.453 e. The Morgan fingerprint density at radius 1 is 1.11 bits per heavy atom. The number of carbonyl (C=O) groups excluding carboxylic acids is 4. The minimum atomic E-state index is -1.10. The van der Waals surface area contributed by atoms with Crippen LogP contribution in [-0.4, -0.2) is 41.1 Å². The number of imide groups is 1. The number of esters is 1. The summed E-state index contributed by atoms with van der Waals surface area (Å²) in [6.45, 7) is 0.904. The van der Waals surface area contributed by atoms with Crippen molar-refractivity contribution in [2.24, 2.45) is 23.7 Å². The number of hydrogen-bond acceptors (Lipinski definition) is 5. The number of nitrogens with zero attached hydrogens (tertiary/aromatic N) is 1. The van der Waals surface area contributed by atoms with Crippen LogP contribution in [0.1, 0.15) is 23.7 Å². The van der Waals surface area contributed by atoms with E-state index in [2.05, 4.69) is 0 Å². The van der Waals surface area contributed by atoms with E-state index >= 15 is 0 Å². The monoisotopic (exact) mass is 371 g/mol. The number of likely N-dealkylation sites (tertiary alicyclic amines) is 1. The van der Waals surface area contributed by atoms with Gasteiger partial charge in [-0.3, -0.25) is 24.1 Å². The molecule has 1 aliphatic heterocycles. The number of amides is 2. The first-order valence-corrected chi connectivity index (χ1v) is 8.89. The Balaban J connectivity index is 1.38. The van der Waals surface area contributed by atoms with E-state index in [9.17, 15) is 23.6 Å². The third kappa shape index (κ3) is 2.87. The van der Waals surface area contributed by atoms with Crippen molar-refractivity contribution in [1.29, 1.82) is 0 Å². The maximum Gasteiger partial charge on any atom is 0.326 e. The average molecular weight is 371 g/mol. The van der Waals surface area contributed by atoms with Crippen molar-refractivity contribution in [1.82, 2.24) is 4.90 Å². The standard InChI is InChI=1S/C20H18FNO5/c1-10(18(24)11-4-6-14(21)7-5-11)27-15(23)9-22-19(25)16-12-2-3-13(8-12)17(16)20(22)26/h2-7,10,12-13,16-17H,8-9H2,1H3/t10-,12+,13+,16-,17+/m1/s1. The predicted molar refractivity (Wildman–Crippen MR) is 90.7 cm³/mol. The van der Waals surface area contributed by atoms with Gasteiger partial charge in [-0.2, -0.15) is 0 Å². The van der Waals surface area contributed by atoms with E-state index in [0.717, 1.165) is 23.5 Å². The molecule has 1 heterocycles. The first-order chi connectivity index (χ1) is 12.9. The van der Waals surface area contributed by atoms with Gasteiger partial charge in [-0.05, 0) is 49.4 Å². The number of halogens is 1. The van der Waals surface area contributed by atoms with Crippen molar-refractivity contribution in [3.05, 3.63) is 47.8 Å². The molecule has 0 N–H and O–H groups in total. The van der Waals surface area contributed by atoms with E-state index < -0.39 is 30.2 Å². The van der Waals surface area contributed by atoms with Gasteiger partial charge >= 0.3 is 5.97 Å². The highest BCUT2D eigenvalue weighted by Crippen LogP contribution is 2.52. The number of Topliss-reactive ketones (excluding diaryl/α,β-unsaturated/α-hetero) is 1. The van der Waals surface area contributed by atoms with Crippen LogP contribution in [0.3, 0.4) is 0 Å². The van der Waals surface area contributed by atoms with Gasteiger partial charge in [-0.25, -0.2) is 4.39 Å². The fourth-order valence-electron chi connectivity index (χ4n) is 4.39. The molecule has 4 rings (SSSR count). The lowest BCUT2D eigenvalue weighted by Crippen LogP contribution is -2.39. The van der Waals surface area contributed by atoms with Crippen molar-refractivity contribution in [3.8, 4) is 0 Å². The van der Waals surface area contributed by atoms with Crippen LogP contribution in [0, 0.1) is 29.5 Å². The summed E-state index contributed by atoms with van der Waals surface area (Å²) < 4.78 is 18.1. The molecule has 1 aromatic rings.